The highest BCUT2D eigenvalue weighted by molar-refractivity contribution is 6.33. The van der Waals surface area contributed by atoms with E-state index in [9.17, 15) is 18.8 Å². The monoisotopic (exact) mass is 445 g/mol. The van der Waals surface area contributed by atoms with Crippen molar-refractivity contribution in [2.75, 3.05) is 32.8 Å². The Labute approximate surface area is 183 Å². The molecule has 0 aromatic heterocycles. The molecular formula is C22H21ClFN3O4. The van der Waals surface area contributed by atoms with Crippen molar-refractivity contribution in [2.24, 2.45) is 5.73 Å². The molecule has 31 heavy (non-hydrogen) atoms. The van der Waals surface area contributed by atoms with E-state index >= 15 is 0 Å². The minimum Gasteiger partial charge on any atom is -0.484 e. The van der Waals surface area contributed by atoms with Crippen molar-refractivity contribution in [3.8, 4) is 5.75 Å². The zero-order valence-electron chi connectivity index (χ0n) is 16.6. The summed E-state index contributed by atoms with van der Waals surface area (Å²) in [6.45, 7) is 1.28. The summed E-state index contributed by atoms with van der Waals surface area (Å²) in [4.78, 5) is 39.0. The van der Waals surface area contributed by atoms with Gasteiger partial charge < -0.3 is 20.3 Å². The third kappa shape index (κ3) is 6.05. The SMILES string of the molecule is NC(=O)COc1ccc(/C=C/C(=O)N2CCN(C(=O)c3ccc(F)cc3Cl)CC2)cc1. The van der Waals surface area contributed by atoms with Crippen molar-refractivity contribution in [3.05, 3.63) is 70.5 Å². The Morgan fingerprint density at radius 2 is 1.68 bits per heavy atom. The molecule has 2 N–H and O–H groups in total. The van der Waals surface area contributed by atoms with E-state index in [0.717, 1.165) is 11.6 Å². The standard InChI is InChI=1S/C22H21ClFN3O4/c23-19-13-16(24)4-7-18(19)22(30)27-11-9-26(10-12-27)21(29)8-3-15-1-5-17(6-2-15)31-14-20(25)28/h1-8,13H,9-12,14H2,(H2,25,28)/b8-3+. The number of hydrogen-bond acceptors (Lipinski definition) is 4. The molecule has 3 amide bonds. The van der Waals surface area contributed by atoms with Crippen LogP contribution in [0, 0.1) is 5.82 Å². The first-order chi connectivity index (χ1) is 14.8. The third-order valence-electron chi connectivity index (χ3n) is 4.72. The predicted octanol–water partition coefficient (Wildman–Crippen LogP) is 2.34. The van der Waals surface area contributed by atoms with E-state index in [1.54, 1.807) is 40.1 Å². The molecule has 0 atom stereocenters. The maximum absolute atomic E-state index is 13.2. The molecule has 0 unspecified atom stereocenters. The molecule has 7 nitrogen and oxygen atoms in total. The average molecular weight is 446 g/mol. The van der Waals surface area contributed by atoms with E-state index in [2.05, 4.69) is 0 Å². The van der Waals surface area contributed by atoms with Crippen molar-refractivity contribution in [2.45, 2.75) is 0 Å². The number of nitrogens with zero attached hydrogens (tertiary/aromatic N) is 2. The molecule has 162 valence electrons. The van der Waals surface area contributed by atoms with Gasteiger partial charge in [-0.2, -0.15) is 0 Å². The van der Waals surface area contributed by atoms with Crippen molar-refractivity contribution < 1.29 is 23.5 Å². The lowest BCUT2D eigenvalue weighted by Crippen LogP contribution is -2.50. The van der Waals surface area contributed by atoms with Gasteiger partial charge in [0, 0.05) is 32.3 Å². The molecule has 0 aliphatic carbocycles. The lowest BCUT2D eigenvalue weighted by Gasteiger charge is -2.34. The molecule has 1 heterocycles. The number of primary amides is 1. The quantitative estimate of drug-likeness (QED) is 0.691. The number of carbonyl (C=O) groups excluding carboxylic acids is 3. The summed E-state index contributed by atoms with van der Waals surface area (Å²) >= 11 is 5.97. The number of nitrogens with two attached hydrogens (primary N) is 1. The number of halogens is 2. The van der Waals surface area contributed by atoms with Gasteiger partial charge >= 0.3 is 0 Å². The van der Waals surface area contributed by atoms with Gasteiger partial charge in [0.05, 0.1) is 10.6 Å². The smallest absolute Gasteiger partial charge is 0.255 e. The number of rotatable bonds is 6. The second-order valence-electron chi connectivity index (χ2n) is 6.90. The maximum Gasteiger partial charge on any atom is 0.255 e. The summed E-state index contributed by atoms with van der Waals surface area (Å²) < 4.78 is 18.4. The number of ether oxygens (including phenoxy) is 1. The maximum atomic E-state index is 13.2. The van der Waals surface area contributed by atoms with Crippen LogP contribution in [0.4, 0.5) is 4.39 Å². The highest BCUT2D eigenvalue weighted by Crippen LogP contribution is 2.20. The summed E-state index contributed by atoms with van der Waals surface area (Å²) in [5, 5.41) is 0.0671. The van der Waals surface area contributed by atoms with Crippen LogP contribution in [0.5, 0.6) is 5.75 Å². The van der Waals surface area contributed by atoms with Crippen molar-refractivity contribution in [3.63, 3.8) is 0 Å². The van der Waals surface area contributed by atoms with Gasteiger partial charge in [-0.3, -0.25) is 14.4 Å². The summed E-state index contributed by atoms with van der Waals surface area (Å²) in [5.74, 6) is -1.01. The number of carbonyl (C=O) groups is 3. The largest absolute Gasteiger partial charge is 0.484 e. The van der Waals surface area contributed by atoms with E-state index in [-0.39, 0.29) is 29.0 Å². The van der Waals surface area contributed by atoms with Gasteiger partial charge in [0.1, 0.15) is 11.6 Å². The minimum absolute atomic E-state index is 0.0671. The van der Waals surface area contributed by atoms with Crippen molar-refractivity contribution in [1.82, 2.24) is 9.80 Å². The third-order valence-corrected chi connectivity index (χ3v) is 5.03. The Kier molecular flexibility index (Phi) is 7.25. The fourth-order valence-corrected chi connectivity index (χ4v) is 3.31. The van der Waals surface area contributed by atoms with Gasteiger partial charge in [0.2, 0.25) is 5.91 Å². The molecule has 0 spiro atoms. The molecule has 0 bridgehead atoms. The molecular weight excluding hydrogens is 425 g/mol. The molecule has 1 fully saturated rings. The average Bonchev–Trinajstić information content (AvgIpc) is 2.76. The fourth-order valence-electron chi connectivity index (χ4n) is 3.07. The van der Waals surface area contributed by atoms with Crippen molar-refractivity contribution in [1.29, 1.82) is 0 Å². The number of benzene rings is 2. The predicted molar refractivity (Wildman–Crippen MR) is 114 cm³/mol. The van der Waals surface area contributed by atoms with E-state index < -0.39 is 11.7 Å². The second kappa shape index (κ2) is 10.1. The molecule has 1 saturated heterocycles. The zero-order chi connectivity index (χ0) is 22.4. The van der Waals surface area contributed by atoms with Gasteiger partial charge in [-0.15, -0.1) is 0 Å². The Balaban J connectivity index is 1.51. The molecule has 1 aliphatic heterocycles. The molecule has 0 radical (unpaired) electrons. The van der Waals surface area contributed by atoms with E-state index in [0.29, 0.717) is 31.9 Å². The minimum atomic E-state index is -0.558. The van der Waals surface area contributed by atoms with Crippen LogP contribution in [0.3, 0.4) is 0 Å². The first-order valence-corrected chi connectivity index (χ1v) is 9.94. The van der Waals surface area contributed by atoms with E-state index in [1.807, 2.05) is 0 Å². The van der Waals surface area contributed by atoms with Crippen LogP contribution in [-0.2, 0) is 9.59 Å². The second-order valence-corrected chi connectivity index (χ2v) is 7.31. The highest BCUT2D eigenvalue weighted by atomic mass is 35.5. The van der Waals surface area contributed by atoms with Crippen LogP contribution in [0.15, 0.2) is 48.5 Å². The van der Waals surface area contributed by atoms with Crippen molar-refractivity contribution >= 4 is 35.4 Å². The van der Waals surface area contributed by atoms with Gasteiger partial charge in [-0.05, 0) is 42.0 Å². The summed E-state index contributed by atoms with van der Waals surface area (Å²) in [6.07, 6.45) is 3.14. The van der Waals surface area contributed by atoms with Crippen LogP contribution >= 0.6 is 11.6 Å². The highest BCUT2D eigenvalue weighted by Gasteiger charge is 2.25. The van der Waals surface area contributed by atoms with Gasteiger partial charge in [0.15, 0.2) is 6.61 Å². The van der Waals surface area contributed by atoms with Crippen LogP contribution < -0.4 is 10.5 Å². The Morgan fingerprint density at radius 3 is 2.29 bits per heavy atom. The number of piperazine rings is 1. The first-order valence-electron chi connectivity index (χ1n) is 9.56. The van der Waals surface area contributed by atoms with E-state index in [1.165, 1.54) is 18.2 Å². The van der Waals surface area contributed by atoms with Gasteiger partial charge in [-0.1, -0.05) is 23.7 Å². The fraction of sp³-hybridized carbons (Fsp3) is 0.227. The van der Waals surface area contributed by atoms with Crippen LogP contribution in [0.2, 0.25) is 5.02 Å². The summed E-state index contributed by atoms with van der Waals surface area (Å²) in [6, 6.07) is 10.5. The number of amides is 3. The molecule has 3 rings (SSSR count). The Bertz CT molecular complexity index is 1000. The number of hydrogen-bond donors (Lipinski definition) is 1. The molecule has 2 aromatic carbocycles. The topological polar surface area (TPSA) is 92.9 Å². The Hall–Kier alpha value is -3.39. The van der Waals surface area contributed by atoms with Crippen LogP contribution in [0.25, 0.3) is 6.08 Å². The van der Waals surface area contributed by atoms with Gasteiger partial charge in [-0.25, -0.2) is 4.39 Å². The first kappa shape index (κ1) is 22.3. The molecule has 0 saturated carbocycles. The van der Waals surface area contributed by atoms with Crippen LogP contribution in [-0.4, -0.2) is 60.3 Å². The Morgan fingerprint density at radius 1 is 1.03 bits per heavy atom. The van der Waals surface area contributed by atoms with Crippen LogP contribution in [0.1, 0.15) is 15.9 Å². The summed E-state index contributed by atoms with van der Waals surface area (Å²) in [7, 11) is 0. The lowest BCUT2D eigenvalue weighted by molar-refractivity contribution is -0.127. The zero-order valence-corrected chi connectivity index (χ0v) is 17.3. The van der Waals surface area contributed by atoms with Gasteiger partial charge in [0.25, 0.3) is 11.8 Å². The lowest BCUT2D eigenvalue weighted by atomic mass is 10.1. The molecule has 2 aromatic rings. The van der Waals surface area contributed by atoms with E-state index in [4.69, 9.17) is 22.1 Å². The molecule has 9 heteroatoms. The summed E-state index contributed by atoms with van der Waals surface area (Å²) in [5.41, 5.74) is 6.06. The molecule has 1 aliphatic rings. The normalized spacial score (nSPS) is 14.0.